The molecule has 0 saturated heterocycles. The minimum absolute atomic E-state index is 0.0966. The van der Waals surface area contributed by atoms with E-state index in [0.29, 0.717) is 19.3 Å². The molecule has 18 heteroatoms. The minimum Gasteiger partial charge on any atom is -0.463 e. The summed E-state index contributed by atoms with van der Waals surface area (Å²) < 4.78 is 61.2. The lowest BCUT2D eigenvalue weighted by molar-refractivity contribution is -0.161. The zero-order chi connectivity index (χ0) is 76.6. The van der Waals surface area contributed by atoms with Crippen LogP contribution in [0.2, 0.25) is 0 Å². The van der Waals surface area contributed by atoms with Gasteiger partial charge in [0.2, 0.25) is 0 Å². The van der Waals surface area contributed by atoms with Crippen molar-refractivity contribution in [3.63, 3.8) is 0 Å². The molecule has 0 aromatic rings. The first-order valence-corrected chi connectivity index (χ1v) is 44.8. The van der Waals surface area contributed by atoms with E-state index in [2.05, 4.69) is 142 Å². The molecule has 5 unspecified atom stereocenters. The predicted molar refractivity (Wildman–Crippen MR) is 436 cm³/mol. The van der Waals surface area contributed by atoms with E-state index in [9.17, 15) is 43.5 Å². The van der Waals surface area contributed by atoms with E-state index in [-0.39, 0.29) is 19.3 Å². The Morgan fingerprint density at radius 3 is 0.838 bits per heavy atom. The summed E-state index contributed by atoms with van der Waals surface area (Å²) in [7, 11) is -9.80. The summed E-state index contributed by atoms with van der Waals surface area (Å²) in [6.45, 7) is 2.53. The van der Waals surface area contributed by atoms with Gasteiger partial charge in [0.25, 0.3) is 0 Å². The molecule has 0 heterocycles. The zero-order valence-electron chi connectivity index (χ0n) is 66.4. The van der Waals surface area contributed by atoms with Gasteiger partial charge in [0.05, 0.1) is 26.4 Å². The van der Waals surface area contributed by atoms with Crippen molar-refractivity contribution < 1.29 is 75.8 Å². The van der Waals surface area contributed by atoms with Gasteiger partial charge in [-0.05, 0) is 116 Å². The van der Waals surface area contributed by atoms with Gasteiger partial charge in [0, 0.05) is 19.3 Å². The van der Waals surface area contributed by atoms with E-state index in [0.717, 1.165) is 116 Å². The van der Waals surface area contributed by atoms with Gasteiger partial charge >= 0.3 is 33.6 Å². The Morgan fingerprint density at radius 1 is 0.276 bits per heavy atom. The van der Waals surface area contributed by atoms with Crippen molar-refractivity contribution in [1.82, 2.24) is 0 Å². The van der Waals surface area contributed by atoms with Gasteiger partial charge in [-0.15, -0.1) is 0 Å². The number of rotatable bonds is 79. The van der Waals surface area contributed by atoms with Crippen LogP contribution in [0, 0.1) is 0 Å². The molecule has 0 radical (unpaired) electrons. The fraction of sp³-hybridized carbons (Fsp3) is 0.736. The number of hydrogen-bond donors (Lipinski definition) is 4. The monoisotopic (exact) mass is 1520 g/mol. The molecule has 0 saturated carbocycles. The molecule has 105 heavy (non-hydrogen) atoms. The molecule has 0 aromatic heterocycles. The highest BCUT2D eigenvalue weighted by atomic mass is 31.2. The summed E-state index contributed by atoms with van der Waals surface area (Å²) >= 11 is 0. The van der Waals surface area contributed by atoms with E-state index in [1.54, 1.807) is 0 Å². The van der Waals surface area contributed by atoms with Crippen LogP contribution >= 0.6 is 15.6 Å². The smallest absolute Gasteiger partial charge is 0.463 e. The average Bonchev–Trinajstić information content (AvgIpc) is 0.912. The Bertz CT molecular complexity index is 2390. The molecule has 0 bridgehead atoms. The molecule has 0 amide bonds. The van der Waals surface area contributed by atoms with Crippen molar-refractivity contribution in [3.8, 4) is 0 Å². The Labute approximate surface area is 640 Å². The zero-order valence-corrected chi connectivity index (χ0v) is 68.2. The van der Waals surface area contributed by atoms with Crippen molar-refractivity contribution in [2.75, 3.05) is 39.6 Å². The standard InChI is InChI=1S/C87H152O16P2/c1-4-7-10-13-16-19-22-25-28-30-32-34-35-36-37-38-39-40-41-42-43-44-45-47-49-50-53-55-58-61-64-67-70-73-85(90)97-76-82(88)77-99-104(93,94)100-78-83(89)79-101-105(95,96)102-81-84(103-87(92)75-72-69-66-63-60-57-52-27-24-21-18-15-12-9-6-3)80-98-86(91)74-71-68-65-62-59-56-54-51-48-46-33-31-29-26-23-20-17-14-11-8-5-2/h8,11,16-17,19-20,25-26,28-29,32-34,36-37,46,51,54,59,62,82-84,88-89H,4-7,9-10,12-15,18,21-24,27,30-31,35,38-45,47-50,52-53,55-58,60-61,63-81H2,1-3H3,(H,93,94)(H,95,96)/b11-8-,19-16-,20-17-,28-25-,29-26-,34-32-,37-36-,46-33-,54-51-,62-59-. The summed E-state index contributed by atoms with van der Waals surface area (Å²) in [5.74, 6) is -1.61. The number of carbonyl (C=O) groups excluding carboxylic acids is 3. The predicted octanol–water partition coefficient (Wildman–Crippen LogP) is 24.9. The number of aliphatic hydroxyl groups is 2. The van der Waals surface area contributed by atoms with Crippen molar-refractivity contribution in [1.29, 1.82) is 0 Å². The summed E-state index contributed by atoms with van der Waals surface area (Å²) in [5.41, 5.74) is 0. The van der Waals surface area contributed by atoms with E-state index >= 15 is 0 Å². The van der Waals surface area contributed by atoms with Crippen molar-refractivity contribution in [2.24, 2.45) is 0 Å². The molecule has 0 aliphatic heterocycles. The number of aliphatic hydroxyl groups excluding tert-OH is 2. The van der Waals surface area contributed by atoms with Crippen LogP contribution in [0.5, 0.6) is 0 Å². The number of phosphoric ester groups is 2. The topological polar surface area (TPSA) is 231 Å². The summed E-state index contributed by atoms with van der Waals surface area (Å²) in [4.78, 5) is 58.7. The maximum atomic E-state index is 13.0. The third kappa shape index (κ3) is 80.8. The SMILES string of the molecule is CC/C=C\C/C=C\C/C=C\C/C=C\C/C=C\C/C=C\CCCCC(=O)OCC(COP(=O)(O)OCC(O)COP(=O)(O)OCC(O)COC(=O)CCCCCCCCCCCCCCCCCCC/C=C\C/C=C\C/C=C\C/C=C\CCCCC)OC(=O)CCCCCCCCCCCCCCCCC. The number of phosphoric acid groups is 2. The third-order valence-corrected chi connectivity index (χ3v) is 19.6. The van der Waals surface area contributed by atoms with Crippen LogP contribution in [0.3, 0.4) is 0 Å². The second-order valence-corrected chi connectivity index (χ2v) is 30.8. The van der Waals surface area contributed by atoms with Gasteiger partial charge in [0.15, 0.2) is 6.10 Å². The second kappa shape index (κ2) is 79.5. The van der Waals surface area contributed by atoms with Gasteiger partial charge in [-0.25, -0.2) is 9.13 Å². The maximum absolute atomic E-state index is 13.0. The highest BCUT2D eigenvalue weighted by Crippen LogP contribution is 2.45. The Balaban J connectivity index is 4.47. The van der Waals surface area contributed by atoms with Crippen molar-refractivity contribution in [2.45, 2.75) is 373 Å². The third-order valence-electron chi connectivity index (χ3n) is 17.7. The van der Waals surface area contributed by atoms with E-state index in [1.165, 1.54) is 180 Å². The highest BCUT2D eigenvalue weighted by molar-refractivity contribution is 7.47. The van der Waals surface area contributed by atoms with Crippen LogP contribution in [0.25, 0.3) is 0 Å². The normalized spacial score (nSPS) is 14.5. The maximum Gasteiger partial charge on any atom is 0.472 e. The number of carbonyl (C=O) groups is 3. The van der Waals surface area contributed by atoms with Gasteiger partial charge in [0.1, 0.15) is 25.4 Å². The Hall–Kier alpha value is -4.05. The lowest BCUT2D eigenvalue weighted by Crippen LogP contribution is -2.30. The van der Waals surface area contributed by atoms with Crippen molar-refractivity contribution >= 4 is 33.6 Å². The highest BCUT2D eigenvalue weighted by Gasteiger charge is 2.29. The van der Waals surface area contributed by atoms with Crippen LogP contribution in [0.1, 0.15) is 355 Å². The lowest BCUT2D eigenvalue weighted by Gasteiger charge is -2.21. The number of allylic oxidation sites excluding steroid dienone is 20. The molecule has 16 nitrogen and oxygen atoms in total. The first-order valence-electron chi connectivity index (χ1n) is 41.8. The average molecular weight is 1520 g/mol. The molecule has 4 N–H and O–H groups in total. The van der Waals surface area contributed by atoms with Crippen LogP contribution in [0.4, 0.5) is 0 Å². The Kier molecular flexibility index (Phi) is 76.4. The molecular formula is C87H152O16P2. The summed E-state index contributed by atoms with van der Waals surface area (Å²) in [5, 5.41) is 20.7. The number of hydrogen-bond acceptors (Lipinski definition) is 14. The summed E-state index contributed by atoms with van der Waals surface area (Å²) in [6, 6.07) is 0. The fourth-order valence-corrected chi connectivity index (χ4v) is 12.9. The quantitative estimate of drug-likeness (QED) is 0.0146. The van der Waals surface area contributed by atoms with E-state index in [1.807, 2.05) is 0 Å². The van der Waals surface area contributed by atoms with Crippen LogP contribution < -0.4 is 0 Å². The van der Waals surface area contributed by atoms with Gasteiger partial charge in [-0.2, -0.15) is 0 Å². The van der Waals surface area contributed by atoms with E-state index in [4.69, 9.17) is 32.3 Å². The largest absolute Gasteiger partial charge is 0.472 e. The lowest BCUT2D eigenvalue weighted by atomic mass is 10.0. The van der Waals surface area contributed by atoms with Crippen LogP contribution in [0.15, 0.2) is 122 Å². The molecule has 0 fully saturated rings. The Morgan fingerprint density at radius 2 is 0.505 bits per heavy atom. The second-order valence-electron chi connectivity index (χ2n) is 27.9. The van der Waals surface area contributed by atoms with Crippen LogP contribution in [-0.2, 0) is 55.8 Å². The molecule has 0 aliphatic carbocycles. The first-order chi connectivity index (χ1) is 51.2. The molecule has 0 spiro atoms. The number of ether oxygens (including phenoxy) is 3. The van der Waals surface area contributed by atoms with Crippen molar-refractivity contribution in [3.05, 3.63) is 122 Å². The van der Waals surface area contributed by atoms with Gasteiger partial charge < -0.3 is 34.2 Å². The number of unbranched alkanes of at least 4 members (excludes halogenated alkanes) is 36. The molecular weight excluding hydrogens is 1360 g/mol. The summed E-state index contributed by atoms with van der Waals surface area (Å²) in [6.07, 6.45) is 95.5. The molecule has 0 rings (SSSR count). The van der Waals surface area contributed by atoms with Gasteiger partial charge in [-0.1, -0.05) is 341 Å². The van der Waals surface area contributed by atoms with Gasteiger partial charge in [-0.3, -0.25) is 32.5 Å². The molecule has 0 aromatic carbocycles. The fourth-order valence-electron chi connectivity index (χ4n) is 11.3. The molecule has 5 atom stereocenters. The molecule has 0 aliphatic rings. The minimum atomic E-state index is -4.94. The molecule has 606 valence electrons. The van der Waals surface area contributed by atoms with E-state index < -0.39 is 91.5 Å². The number of esters is 3. The first kappa shape index (κ1) is 101. The van der Waals surface area contributed by atoms with Crippen LogP contribution in [-0.4, -0.2) is 95.9 Å².